The number of aliphatic hydroxyl groups is 1. The maximum absolute atomic E-state index is 13.1. The second-order valence-electron chi connectivity index (χ2n) is 30.8. The second kappa shape index (κ2) is 74.5. The zero-order valence-electron chi connectivity index (χ0n) is 66.9. The minimum atomic E-state index is -4.96. The third-order valence-electron chi connectivity index (χ3n) is 19.5. The molecule has 17 nitrogen and oxygen atoms in total. The van der Waals surface area contributed by atoms with Gasteiger partial charge in [-0.2, -0.15) is 0 Å². The Morgan fingerprint density at radius 1 is 0.265 bits per heavy atom. The number of esters is 4. The van der Waals surface area contributed by atoms with Gasteiger partial charge in [-0.3, -0.25) is 37.3 Å². The molecule has 0 aromatic rings. The highest BCUT2D eigenvalue weighted by Crippen LogP contribution is 2.45. The molecule has 0 heterocycles. The predicted molar refractivity (Wildman–Crippen MR) is 418 cm³/mol. The van der Waals surface area contributed by atoms with Crippen molar-refractivity contribution in [2.45, 2.75) is 458 Å². The number of ether oxygens (including phenoxy) is 4. The molecule has 0 radical (unpaired) electrons. The van der Waals surface area contributed by atoms with E-state index in [1.807, 2.05) is 0 Å². The van der Waals surface area contributed by atoms with Crippen LogP contribution in [-0.2, 0) is 65.4 Å². The molecular formula is C83H162O17P2. The van der Waals surface area contributed by atoms with Crippen molar-refractivity contribution in [3.8, 4) is 0 Å². The molecule has 102 heavy (non-hydrogen) atoms. The van der Waals surface area contributed by atoms with Crippen LogP contribution in [0.25, 0.3) is 0 Å². The Kier molecular flexibility index (Phi) is 73.1. The minimum absolute atomic E-state index is 0.106. The Bertz CT molecular complexity index is 1960. The molecule has 606 valence electrons. The zero-order valence-corrected chi connectivity index (χ0v) is 68.7. The van der Waals surface area contributed by atoms with E-state index in [-0.39, 0.29) is 25.7 Å². The Balaban J connectivity index is 5.20. The second-order valence-corrected chi connectivity index (χ2v) is 33.7. The molecule has 2 unspecified atom stereocenters. The van der Waals surface area contributed by atoms with E-state index in [1.165, 1.54) is 257 Å². The molecule has 0 saturated carbocycles. The van der Waals surface area contributed by atoms with Crippen molar-refractivity contribution >= 4 is 39.5 Å². The monoisotopic (exact) mass is 1490 g/mol. The van der Waals surface area contributed by atoms with Crippen molar-refractivity contribution < 1.29 is 80.2 Å². The van der Waals surface area contributed by atoms with Crippen LogP contribution >= 0.6 is 15.6 Å². The first-order valence-electron chi connectivity index (χ1n) is 43.0. The van der Waals surface area contributed by atoms with Gasteiger partial charge in [0, 0.05) is 25.7 Å². The highest BCUT2D eigenvalue weighted by Gasteiger charge is 2.30. The molecule has 0 amide bonds. The van der Waals surface area contributed by atoms with E-state index in [0.29, 0.717) is 25.7 Å². The Hall–Kier alpha value is -1.94. The Morgan fingerprint density at radius 2 is 0.451 bits per heavy atom. The lowest BCUT2D eigenvalue weighted by atomic mass is 10.0. The zero-order chi connectivity index (χ0) is 74.9. The maximum atomic E-state index is 13.1. The van der Waals surface area contributed by atoms with Gasteiger partial charge in [0.15, 0.2) is 12.2 Å². The van der Waals surface area contributed by atoms with Crippen LogP contribution in [0.5, 0.6) is 0 Å². The third-order valence-corrected chi connectivity index (χ3v) is 21.4. The maximum Gasteiger partial charge on any atom is 0.472 e. The first-order chi connectivity index (χ1) is 49.4. The highest BCUT2D eigenvalue weighted by molar-refractivity contribution is 7.47. The predicted octanol–water partition coefficient (Wildman–Crippen LogP) is 25.1. The number of carbonyl (C=O) groups excluding carboxylic acids is 4. The molecule has 19 heteroatoms. The Morgan fingerprint density at radius 3 is 0.667 bits per heavy atom. The molecule has 0 saturated heterocycles. The fraction of sp³-hybridized carbons (Fsp3) is 0.952. The summed E-state index contributed by atoms with van der Waals surface area (Å²) in [7, 11) is -9.92. The molecule has 5 atom stereocenters. The van der Waals surface area contributed by atoms with Crippen molar-refractivity contribution in [3.05, 3.63) is 0 Å². The van der Waals surface area contributed by atoms with E-state index in [9.17, 15) is 43.2 Å². The number of carbonyl (C=O) groups is 4. The lowest BCUT2D eigenvalue weighted by molar-refractivity contribution is -0.161. The van der Waals surface area contributed by atoms with Gasteiger partial charge in [0.2, 0.25) is 0 Å². The molecule has 0 spiro atoms. The normalized spacial score (nSPS) is 13.9. The number of phosphoric ester groups is 2. The smallest absolute Gasteiger partial charge is 0.462 e. The largest absolute Gasteiger partial charge is 0.472 e. The van der Waals surface area contributed by atoms with Gasteiger partial charge in [-0.25, -0.2) is 9.13 Å². The summed E-state index contributed by atoms with van der Waals surface area (Å²) in [6.45, 7) is 9.65. The van der Waals surface area contributed by atoms with Gasteiger partial charge in [0.25, 0.3) is 0 Å². The summed E-state index contributed by atoms with van der Waals surface area (Å²) in [6, 6.07) is 0. The van der Waals surface area contributed by atoms with Crippen molar-refractivity contribution in [3.63, 3.8) is 0 Å². The lowest BCUT2D eigenvalue weighted by Crippen LogP contribution is -2.30. The van der Waals surface area contributed by atoms with Crippen LogP contribution < -0.4 is 0 Å². The van der Waals surface area contributed by atoms with E-state index < -0.39 is 97.5 Å². The fourth-order valence-electron chi connectivity index (χ4n) is 12.9. The van der Waals surface area contributed by atoms with Gasteiger partial charge in [-0.15, -0.1) is 0 Å². The number of hydrogen-bond acceptors (Lipinski definition) is 15. The first-order valence-corrected chi connectivity index (χ1v) is 46.0. The SMILES string of the molecule is CCCCCCCCCCCCCCCCCCCCCCCC(=O)O[C@H](COC(=O)CCCCCCCCCCCCCCCCCCC(C)C)COP(=O)(O)OC[C@@H](O)COP(=O)(O)OC[C@@H](COC(=O)CCCCCCCCCCC)OC(=O)CCCCCCCCCCCCC(C)C. The average molecular weight is 1490 g/mol. The van der Waals surface area contributed by atoms with E-state index >= 15 is 0 Å². The summed E-state index contributed by atoms with van der Waals surface area (Å²) in [5.41, 5.74) is 0. The molecule has 0 aliphatic carbocycles. The molecule has 0 aromatic carbocycles. The van der Waals surface area contributed by atoms with Gasteiger partial charge < -0.3 is 33.8 Å². The number of hydrogen-bond donors (Lipinski definition) is 3. The summed E-state index contributed by atoms with van der Waals surface area (Å²) < 4.78 is 68.7. The topological polar surface area (TPSA) is 237 Å². The number of phosphoric acid groups is 2. The molecule has 0 aliphatic rings. The quantitative estimate of drug-likeness (QED) is 0.0222. The van der Waals surface area contributed by atoms with Gasteiger partial charge in [0.05, 0.1) is 26.4 Å². The molecule has 3 N–H and O–H groups in total. The van der Waals surface area contributed by atoms with Gasteiger partial charge >= 0.3 is 39.5 Å². The lowest BCUT2D eigenvalue weighted by Gasteiger charge is -2.21. The number of aliphatic hydroxyl groups excluding tert-OH is 1. The molecule has 0 fully saturated rings. The van der Waals surface area contributed by atoms with Crippen LogP contribution in [-0.4, -0.2) is 96.7 Å². The van der Waals surface area contributed by atoms with Crippen LogP contribution in [0.4, 0.5) is 0 Å². The number of rotatable bonds is 82. The first kappa shape index (κ1) is 100. The van der Waals surface area contributed by atoms with E-state index in [0.717, 1.165) is 102 Å². The minimum Gasteiger partial charge on any atom is -0.462 e. The van der Waals surface area contributed by atoms with Gasteiger partial charge in [-0.1, -0.05) is 388 Å². The van der Waals surface area contributed by atoms with E-state index in [4.69, 9.17) is 37.0 Å². The molecule has 0 rings (SSSR count). The van der Waals surface area contributed by atoms with Crippen LogP contribution in [0.1, 0.15) is 440 Å². The van der Waals surface area contributed by atoms with E-state index in [1.54, 1.807) is 0 Å². The average Bonchev–Trinajstić information content (AvgIpc) is 0.914. The molecule has 0 bridgehead atoms. The van der Waals surface area contributed by atoms with Crippen LogP contribution in [0.3, 0.4) is 0 Å². The summed E-state index contributed by atoms with van der Waals surface area (Å²) in [6.07, 6.45) is 65.4. The summed E-state index contributed by atoms with van der Waals surface area (Å²) >= 11 is 0. The third kappa shape index (κ3) is 76.3. The van der Waals surface area contributed by atoms with Crippen LogP contribution in [0, 0.1) is 11.8 Å². The van der Waals surface area contributed by atoms with Crippen LogP contribution in [0.2, 0.25) is 0 Å². The molecule has 0 aromatic heterocycles. The molecule has 0 aliphatic heterocycles. The fourth-order valence-corrected chi connectivity index (χ4v) is 14.5. The van der Waals surface area contributed by atoms with E-state index in [2.05, 4.69) is 41.5 Å². The van der Waals surface area contributed by atoms with Crippen LogP contribution in [0.15, 0.2) is 0 Å². The van der Waals surface area contributed by atoms with Gasteiger partial charge in [-0.05, 0) is 37.5 Å². The summed E-state index contributed by atoms with van der Waals surface area (Å²) in [4.78, 5) is 73.0. The molecular weight excluding hydrogens is 1330 g/mol. The van der Waals surface area contributed by atoms with Crippen molar-refractivity contribution in [2.75, 3.05) is 39.6 Å². The summed E-state index contributed by atoms with van der Waals surface area (Å²) in [5.74, 6) is -0.544. The Labute approximate surface area is 626 Å². The van der Waals surface area contributed by atoms with Crippen molar-refractivity contribution in [1.29, 1.82) is 0 Å². The van der Waals surface area contributed by atoms with Crippen molar-refractivity contribution in [2.24, 2.45) is 11.8 Å². The van der Waals surface area contributed by atoms with Crippen molar-refractivity contribution in [1.82, 2.24) is 0 Å². The number of unbranched alkanes of at least 4 members (excludes halogenated alkanes) is 52. The summed E-state index contributed by atoms with van der Waals surface area (Å²) in [5, 5.41) is 10.6. The van der Waals surface area contributed by atoms with Gasteiger partial charge in [0.1, 0.15) is 19.3 Å². The standard InChI is InChI=1S/C83H162O17P2/c1-7-9-11-13-15-17-18-19-20-21-22-23-24-25-30-33-36-43-49-55-61-67-82(87)99-79(72-94-81(86)66-60-54-48-42-35-32-29-27-26-28-31-34-40-45-51-57-63-75(3)4)74-98-102(91,92)96-70-77(84)69-95-101(89,90)97-73-78(71-93-80(85)65-59-53-47-39-16-14-12-10-8-2)100-83(88)68-62-56-50-44-38-37-41-46-52-58-64-76(5)6/h75-79,84H,7-74H2,1-6H3,(H,89,90)(H,91,92)/t77-,78+,79+/m0/s1. The highest BCUT2D eigenvalue weighted by atomic mass is 31.2.